The molecular weight excluding hydrogens is 426 g/mol. The smallest absolute Gasteiger partial charge is 0.307 e. The highest BCUT2D eigenvalue weighted by molar-refractivity contribution is 9.10. The van der Waals surface area contributed by atoms with Crippen molar-refractivity contribution in [2.75, 3.05) is 13.7 Å². The van der Waals surface area contributed by atoms with Gasteiger partial charge in [-0.15, -0.1) is 0 Å². The first kappa shape index (κ1) is 20.4. The van der Waals surface area contributed by atoms with Crippen molar-refractivity contribution < 1.29 is 22.7 Å². The second-order valence-electron chi connectivity index (χ2n) is 5.50. The maximum absolute atomic E-state index is 12.1. The molecule has 8 nitrogen and oxygen atoms in total. The summed E-state index contributed by atoms with van der Waals surface area (Å²) in [7, 11) is -0.523. The number of nitrogens with one attached hydrogen (secondary N) is 1. The third kappa shape index (κ3) is 5.29. The number of sulfonamides is 1. The molecule has 2 aromatic rings. The van der Waals surface area contributed by atoms with E-state index in [1.54, 1.807) is 30.7 Å². The number of esters is 1. The summed E-state index contributed by atoms with van der Waals surface area (Å²) in [6, 6.07) is 5.37. The number of halogens is 1. The van der Waals surface area contributed by atoms with Gasteiger partial charge in [0.15, 0.2) is 5.03 Å². The number of aryl methyl sites for hydroxylation is 2. The average Bonchev–Trinajstić information content (AvgIpc) is 2.93. The molecule has 0 saturated heterocycles. The minimum atomic E-state index is -3.76. The summed E-state index contributed by atoms with van der Waals surface area (Å²) in [6.07, 6.45) is 1.32. The minimum Gasteiger partial charge on any atom is -0.496 e. The normalized spacial score (nSPS) is 11.4. The molecule has 2 rings (SSSR count). The summed E-state index contributed by atoms with van der Waals surface area (Å²) in [5.41, 5.74) is 0.708. The van der Waals surface area contributed by atoms with Crippen LogP contribution in [0.3, 0.4) is 0 Å². The van der Waals surface area contributed by atoms with Crippen molar-refractivity contribution in [1.29, 1.82) is 0 Å². The van der Waals surface area contributed by atoms with Gasteiger partial charge in [-0.1, -0.05) is 15.9 Å². The zero-order chi connectivity index (χ0) is 19.3. The number of ether oxygens (including phenoxy) is 2. The molecule has 1 heterocycles. The van der Waals surface area contributed by atoms with Crippen molar-refractivity contribution >= 4 is 31.9 Å². The van der Waals surface area contributed by atoms with Crippen molar-refractivity contribution in [2.45, 2.75) is 25.0 Å². The minimum absolute atomic E-state index is 0.0353. The van der Waals surface area contributed by atoms with Crippen LogP contribution in [0.1, 0.15) is 17.8 Å². The highest BCUT2D eigenvalue weighted by Gasteiger charge is 2.18. The van der Waals surface area contributed by atoms with E-state index in [2.05, 4.69) is 25.6 Å². The molecule has 1 N–H and O–H groups in total. The lowest BCUT2D eigenvalue weighted by atomic mass is 10.2. The van der Waals surface area contributed by atoms with Crippen LogP contribution < -0.4 is 9.46 Å². The van der Waals surface area contributed by atoms with E-state index in [1.165, 1.54) is 13.3 Å². The van der Waals surface area contributed by atoms with Crippen molar-refractivity contribution in [3.63, 3.8) is 0 Å². The zero-order valence-electron chi connectivity index (χ0n) is 14.7. The molecule has 1 aromatic heterocycles. The van der Waals surface area contributed by atoms with Crippen LogP contribution in [0.5, 0.6) is 5.75 Å². The average molecular weight is 446 g/mol. The number of benzene rings is 1. The second kappa shape index (κ2) is 8.65. The number of aromatic nitrogens is 2. The molecule has 0 spiro atoms. The van der Waals surface area contributed by atoms with Gasteiger partial charge < -0.3 is 14.0 Å². The van der Waals surface area contributed by atoms with Gasteiger partial charge in [0.05, 0.1) is 13.5 Å². The Morgan fingerprint density at radius 2 is 2.12 bits per heavy atom. The Bertz CT molecular complexity index is 876. The molecular formula is C16H20BrN3O5S. The lowest BCUT2D eigenvalue weighted by molar-refractivity contribution is -0.144. The highest BCUT2D eigenvalue weighted by Crippen LogP contribution is 2.23. The van der Waals surface area contributed by atoms with Crippen LogP contribution in [0.15, 0.2) is 33.9 Å². The summed E-state index contributed by atoms with van der Waals surface area (Å²) in [4.78, 5) is 15.8. The topological polar surface area (TPSA) is 99.5 Å². The van der Waals surface area contributed by atoms with Crippen LogP contribution in [-0.4, -0.2) is 37.6 Å². The molecule has 0 amide bonds. The fourth-order valence-corrected chi connectivity index (χ4v) is 3.58. The summed E-state index contributed by atoms with van der Waals surface area (Å²) in [5.74, 6) is 0.659. The third-order valence-corrected chi connectivity index (χ3v) is 5.44. The molecule has 0 bridgehead atoms. The summed E-state index contributed by atoms with van der Waals surface area (Å²) < 4.78 is 39.4. The van der Waals surface area contributed by atoms with Gasteiger partial charge in [0.2, 0.25) is 0 Å². The number of imidazole rings is 1. The molecule has 0 aliphatic carbocycles. The van der Waals surface area contributed by atoms with Gasteiger partial charge in [0, 0.05) is 29.8 Å². The maximum atomic E-state index is 12.1. The number of carbonyl (C=O) groups excluding carboxylic acids is 1. The summed E-state index contributed by atoms with van der Waals surface area (Å²) >= 11 is 3.34. The number of rotatable bonds is 8. The molecule has 0 aliphatic heterocycles. The van der Waals surface area contributed by atoms with Crippen LogP contribution in [0.4, 0.5) is 0 Å². The Morgan fingerprint density at radius 3 is 2.73 bits per heavy atom. The first-order chi connectivity index (χ1) is 12.2. The summed E-state index contributed by atoms with van der Waals surface area (Å²) in [5, 5.41) is -0.0789. The molecule has 142 valence electrons. The predicted octanol–water partition coefficient (Wildman–Crippen LogP) is 1.91. The van der Waals surface area contributed by atoms with Crippen LogP contribution >= 0.6 is 15.9 Å². The van der Waals surface area contributed by atoms with Crippen LogP contribution in [0.25, 0.3) is 0 Å². The van der Waals surface area contributed by atoms with Crippen LogP contribution in [-0.2, 0) is 33.2 Å². The fraction of sp³-hybridized carbons (Fsp3) is 0.375. The Balaban J connectivity index is 1.85. The number of hydrogen-bond donors (Lipinski definition) is 1. The zero-order valence-corrected chi connectivity index (χ0v) is 17.1. The maximum Gasteiger partial charge on any atom is 0.307 e. The molecule has 1 aromatic carbocycles. The van der Waals surface area contributed by atoms with Gasteiger partial charge in [0.25, 0.3) is 10.0 Å². The number of nitrogens with zero attached hydrogens (tertiary/aromatic N) is 2. The van der Waals surface area contributed by atoms with Gasteiger partial charge in [-0.3, -0.25) is 4.79 Å². The summed E-state index contributed by atoms with van der Waals surface area (Å²) in [6.45, 7) is 1.66. The van der Waals surface area contributed by atoms with Crippen LogP contribution in [0, 0.1) is 6.92 Å². The van der Waals surface area contributed by atoms with E-state index in [0.717, 1.165) is 4.47 Å². The standard InChI is InChI=1S/C16H20BrN3O5S/c1-11-19-15(9-20(11)2)26(22,23)18-7-6-16(21)25-10-12-8-13(17)4-5-14(12)24-3/h4-5,8-9,18H,6-7,10H2,1-3H3. The Kier molecular flexibility index (Phi) is 6.79. The lowest BCUT2D eigenvalue weighted by Crippen LogP contribution is -2.27. The first-order valence-electron chi connectivity index (χ1n) is 7.70. The number of hydrogen-bond acceptors (Lipinski definition) is 6. The van der Waals surface area contributed by atoms with Crippen molar-refractivity contribution in [3.8, 4) is 5.75 Å². The molecule has 26 heavy (non-hydrogen) atoms. The third-order valence-electron chi connectivity index (χ3n) is 3.61. The van der Waals surface area contributed by atoms with Crippen molar-refractivity contribution in [2.24, 2.45) is 7.05 Å². The van der Waals surface area contributed by atoms with Gasteiger partial charge in [0.1, 0.15) is 18.2 Å². The monoisotopic (exact) mass is 445 g/mol. The van der Waals surface area contributed by atoms with Crippen LogP contribution in [0.2, 0.25) is 0 Å². The first-order valence-corrected chi connectivity index (χ1v) is 9.98. The van der Waals surface area contributed by atoms with Crippen molar-refractivity contribution in [3.05, 3.63) is 40.3 Å². The molecule has 0 atom stereocenters. The second-order valence-corrected chi connectivity index (χ2v) is 8.13. The molecule has 0 radical (unpaired) electrons. The lowest BCUT2D eigenvalue weighted by Gasteiger charge is -2.10. The van der Waals surface area contributed by atoms with Gasteiger partial charge in [-0.2, -0.15) is 0 Å². The molecule has 0 saturated carbocycles. The SMILES string of the molecule is COc1ccc(Br)cc1COC(=O)CCNS(=O)(=O)c1cn(C)c(C)n1. The molecule has 0 aliphatic rings. The van der Waals surface area contributed by atoms with E-state index in [1.807, 2.05) is 6.07 Å². The van der Waals surface area contributed by atoms with E-state index < -0.39 is 16.0 Å². The van der Waals surface area contributed by atoms with Gasteiger partial charge in [-0.05, 0) is 25.1 Å². The van der Waals surface area contributed by atoms with E-state index >= 15 is 0 Å². The van der Waals surface area contributed by atoms with Crippen molar-refractivity contribution in [1.82, 2.24) is 14.3 Å². The Labute approximate surface area is 160 Å². The quantitative estimate of drug-likeness (QED) is 0.622. The largest absolute Gasteiger partial charge is 0.496 e. The highest BCUT2D eigenvalue weighted by atomic mass is 79.9. The number of carbonyl (C=O) groups is 1. The van der Waals surface area contributed by atoms with Gasteiger partial charge in [-0.25, -0.2) is 18.1 Å². The van der Waals surface area contributed by atoms with E-state index in [-0.39, 0.29) is 24.6 Å². The Hall–Kier alpha value is -1.91. The van der Waals surface area contributed by atoms with E-state index in [4.69, 9.17) is 9.47 Å². The Morgan fingerprint density at radius 1 is 1.38 bits per heavy atom. The molecule has 0 unspecified atom stereocenters. The number of methoxy groups -OCH3 is 1. The molecule has 10 heteroatoms. The van der Waals surface area contributed by atoms with Gasteiger partial charge >= 0.3 is 5.97 Å². The van der Waals surface area contributed by atoms with E-state index in [0.29, 0.717) is 17.1 Å². The molecule has 0 fully saturated rings. The van der Waals surface area contributed by atoms with E-state index in [9.17, 15) is 13.2 Å². The fourth-order valence-electron chi connectivity index (χ4n) is 2.11. The predicted molar refractivity (Wildman–Crippen MR) is 98.2 cm³/mol.